The van der Waals surface area contributed by atoms with Gasteiger partial charge in [0, 0.05) is 0 Å². The second-order valence-corrected chi connectivity index (χ2v) is 4.91. The molecule has 0 bridgehead atoms. The highest BCUT2D eigenvalue weighted by Crippen LogP contribution is 2.30. The van der Waals surface area contributed by atoms with E-state index >= 15 is 0 Å². The van der Waals surface area contributed by atoms with Gasteiger partial charge in [-0.2, -0.15) is 0 Å². The highest BCUT2D eigenvalue weighted by atomic mass is 79.9. The van der Waals surface area contributed by atoms with Crippen molar-refractivity contribution in [3.63, 3.8) is 0 Å². The Morgan fingerprint density at radius 3 is 2.93 bits per heavy atom. The highest BCUT2D eigenvalue weighted by molar-refractivity contribution is 9.10. The molecule has 15 heavy (non-hydrogen) atoms. The molecule has 1 unspecified atom stereocenters. The summed E-state index contributed by atoms with van der Waals surface area (Å²) in [6.45, 7) is 0. The molecule has 2 N–H and O–H groups in total. The number of nitrogens with two attached hydrogens (primary N) is 1. The minimum atomic E-state index is -0.0151. The molecule has 0 saturated heterocycles. The number of furan rings is 1. The van der Waals surface area contributed by atoms with Crippen molar-refractivity contribution < 1.29 is 4.42 Å². The van der Waals surface area contributed by atoms with Crippen LogP contribution in [0.25, 0.3) is 0 Å². The van der Waals surface area contributed by atoms with Gasteiger partial charge >= 0.3 is 0 Å². The van der Waals surface area contributed by atoms with E-state index in [1.807, 2.05) is 6.07 Å². The second kappa shape index (κ2) is 4.99. The molecule has 0 aliphatic heterocycles. The number of halogens is 1. The van der Waals surface area contributed by atoms with Gasteiger partial charge in [0.2, 0.25) is 0 Å². The first-order valence-electron chi connectivity index (χ1n) is 5.44. The van der Waals surface area contributed by atoms with Crippen molar-refractivity contribution in [3.8, 4) is 0 Å². The molecule has 0 saturated carbocycles. The molecule has 0 amide bonds. The molecular weight excluding hydrogens is 254 g/mol. The maximum absolute atomic E-state index is 6.11. The lowest BCUT2D eigenvalue weighted by atomic mass is 9.94. The van der Waals surface area contributed by atoms with Crippen molar-refractivity contribution in [2.24, 2.45) is 5.73 Å². The van der Waals surface area contributed by atoms with Crippen molar-refractivity contribution in [2.45, 2.75) is 38.1 Å². The van der Waals surface area contributed by atoms with Gasteiger partial charge in [0.1, 0.15) is 5.76 Å². The zero-order valence-corrected chi connectivity index (χ0v) is 10.3. The third kappa shape index (κ3) is 2.73. The molecule has 0 fully saturated rings. The largest absolute Gasteiger partial charge is 0.466 e. The van der Waals surface area contributed by atoms with Crippen molar-refractivity contribution in [3.05, 3.63) is 34.2 Å². The fourth-order valence-electron chi connectivity index (χ4n) is 2.04. The molecule has 82 valence electrons. The topological polar surface area (TPSA) is 39.2 Å². The molecule has 1 aliphatic carbocycles. The van der Waals surface area contributed by atoms with Crippen LogP contribution in [0.3, 0.4) is 0 Å². The maximum atomic E-state index is 6.11. The highest BCUT2D eigenvalue weighted by Gasteiger charge is 2.15. The minimum absolute atomic E-state index is 0.0151. The van der Waals surface area contributed by atoms with Gasteiger partial charge < -0.3 is 10.2 Å². The first kappa shape index (κ1) is 11.0. The minimum Gasteiger partial charge on any atom is -0.466 e. The Balaban J connectivity index is 2.00. The van der Waals surface area contributed by atoms with E-state index in [9.17, 15) is 0 Å². The summed E-state index contributed by atoms with van der Waals surface area (Å²) in [5.41, 5.74) is 7.59. The molecule has 2 rings (SSSR count). The van der Waals surface area contributed by atoms with E-state index in [1.165, 1.54) is 31.3 Å². The van der Waals surface area contributed by atoms with Gasteiger partial charge in [0.15, 0.2) is 0 Å². The van der Waals surface area contributed by atoms with E-state index in [0.29, 0.717) is 0 Å². The summed E-state index contributed by atoms with van der Waals surface area (Å²) in [6.07, 6.45) is 9.97. The zero-order chi connectivity index (χ0) is 10.7. The van der Waals surface area contributed by atoms with Crippen molar-refractivity contribution in [2.75, 3.05) is 0 Å². The van der Waals surface area contributed by atoms with Crippen LogP contribution in [0.15, 0.2) is 32.9 Å². The Bertz CT molecular complexity index is 356. The number of hydrogen-bond acceptors (Lipinski definition) is 2. The summed E-state index contributed by atoms with van der Waals surface area (Å²) < 4.78 is 6.35. The Morgan fingerprint density at radius 1 is 1.47 bits per heavy atom. The smallest absolute Gasteiger partial charge is 0.134 e. The average molecular weight is 270 g/mol. The monoisotopic (exact) mass is 269 g/mol. The second-order valence-electron chi connectivity index (χ2n) is 4.05. The summed E-state index contributed by atoms with van der Waals surface area (Å²) in [6, 6.07) is 1.88. The third-order valence-electron chi connectivity index (χ3n) is 2.85. The molecule has 3 heteroatoms. The molecule has 0 radical (unpaired) electrons. The lowest BCUT2D eigenvalue weighted by Gasteiger charge is -2.16. The number of allylic oxidation sites excluding steroid dienone is 1. The predicted molar refractivity (Wildman–Crippen MR) is 64.5 cm³/mol. The summed E-state index contributed by atoms with van der Waals surface area (Å²) in [5, 5.41) is 0. The number of hydrogen-bond donors (Lipinski definition) is 1. The van der Waals surface area contributed by atoms with Crippen LogP contribution in [0.2, 0.25) is 0 Å². The van der Waals surface area contributed by atoms with E-state index in [2.05, 4.69) is 22.0 Å². The van der Waals surface area contributed by atoms with Crippen molar-refractivity contribution in [1.82, 2.24) is 0 Å². The molecule has 1 heterocycles. The van der Waals surface area contributed by atoms with Gasteiger partial charge in [-0.05, 0) is 54.1 Å². The predicted octanol–water partition coefficient (Wildman–Crippen LogP) is 3.93. The van der Waals surface area contributed by atoms with Gasteiger partial charge in [-0.25, -0.2) is 0 Å². The van der Waals surface area contributed by atoms with Gasteiger partial charge in [-0.15, -0.1) is 0 Å². The Morgan fingerprint density at radius 2 is 2.33 bits per heavy atom. The molecule has 0 aromatic carbocycles. The molecule has 0 spiro atoms. The van der Waals surface area contributed by atoms with Crippen LogP contribution >= 0.6 is 15.9 Å². The van der Waals surface area contributed by atoms with E-state index < -0.39 is 0 Å². The summed E-state index contributed by atoms with van der Waals surface area (Å²) in [5.74, 6) is 0.862. The van der Waals surface area contributed by atoms with E-state index in [-0.39, 0.29) is 6.04 Å². The molecule has 2 nitrogen and oxygen atoms in total. The zero-order valence-electron chi connectivity index (χ0n) is 8.71. The SMILES string of the molecule is NC(CC1=CCCCC1)c1occc1Br. The molecule has 1 aliphatic rings. The van der Waals surface area contributed by atoms with Crippen LogP contribution in [-0.2, 0) is 0 Å². The van der Waals surface area contributed by atoms with E-state index in [1.54, 1.807) is 6.26 Å². The molecular formula is C12H16BrNO. The van der Waals surface area contributed by atoms with Crippen molar-refractivity contribution in [1.29, 1.82) is 0 Å². The quantitative estimate of drug-likeness (QED) is 0.845. The standard InChI is InChI=1S/C12H16BrNO/c13-10-6-7-15-12(10)11(14)8-9-4-2-1-3-5-9/h4,6-7,11H,1-3,5,8,14H2. The Labute approximate surface area is 98.7 Å². The first-order chi connectivity index (χ1) is 7.27. The van der Waals surface area contributed by atoms with Crippen molar-refractivity contribution >= 4 is 15.9 Å². The van der Waals surface area contributed by atoms with Gasteiger partial charge in [-0.3, -0.25) is 0 Å². The van der Waals surface area contributed by atoms with Crippen LogP contribution in [0.4, 0.5) is 0 Å². The van der Waals surface area contributed by atoms with Crippen LogP contribution in [-0.4, -0.2) is 0 Å². The molecule has 1 aromatic rings. The Kier molecular flexibility index (Phi) is 3.65. The fourth-order valence-corrected chi connectivity index (χ4v) is 2.53. The summed E-state index contributed by atoms with van der Waals surface area (Å²) in [7, 11) is 0. The maximum Gasteiger partial charge on any atom is 0.134 e. The molecule has 1 aromatic heterocycles. The number of rotatable bonds is 3. The summed E-state index contributed by atoms with van der Waals surface area (Å²) >= 11 is 3.44. The average Bonchev–Trinajstić information content (AvgIpc) is 2.66. The van der Waals surface area contributed by atoms with E-state index in [4.69, 9.17) is 10.2 Å². The third-order valence-corrected chi connectivity index (χ3v) is 3.50. The summed E-state index contributed by atoms with van der Waals surface area (Å²) in [4.78, 5) is 0. The van der Waals surface area contributed by atoms with Gasteiger partial charge in [-0.1, -0.05) is 11.6 Å². The lowest BCUT2D eigenvalue weighted by Crippen LogP contribution is -2.11. The van der Waals surface area contributed by atoms with Crippen LogP contribution in [0, 0.1) is 0 Å². The van der Waals surface area contributed by atoms with Gasteiger partial charge in [0.25, 0.3) is 0 Å². The van der Waals surface area contributed by atoms with Crippen LogP contribution in [0.5, 0.6) is 0 Å². The Hall–Kier alpha value is -0.540. The van der Waals surface area contributed by atoms with E-state index in [0.717, 1.165) is 16.7 Å². The molecule has 1 atom stereocenters. The van der Waals surface area contributed by atoms with Crippen LogP contribution < -0.4 is 5.73 Å². The van der Waals surface area contributed by atoms with Crippen LogP contribution in [0.1, 0.15) is 43.9 Å². The first-order valence-corrected chi connectivity index (χ1v) is 6.23. The fraction of sp³-hybridized carbons (Fsp3) is 0.500. The van der Waals surface area contributed by atoms with Gasteiger partial charge in [0.05, 0.1) is 16.8 Å². The normalized spacial score (nSPS) is 18.7. The lowest BCUT2D eigenvalue weighted by molar-refractivity contribution is 0.457.